The van der Waals surface area contributed by atoms with Crippen LogP contribution in [0.15, 0.2) is 18.2 Å². The van der Waals surface area contributed by atoms with E-state index in [1.807, 2.05) is 25.7 Å². The molecule has 4 heteroatoms. The van der Waals surface area contributed by atoms with E-state index in [9.17, 15) is 4.79 Å². The van der Waals surface area contributed by atoms with E-state index in [4.69, 9.17) is 4.74 Å². The predicted octanol–water partition coefficient (Wildman–Crippen LogP) is 3.94. The highest BCUT2D eigenvalue weighted by Gasteiger charge is 2.27. The second kappa shape index (κ2) is 5.82. The molecule has 4 nitrogen and oxygen atoms in total. The van der Waals surface area contributed by atoms with Gasteiger partial charge in [0.1, 0.15) is 5.60 Å². The van der Waals surface area contributed by atoms with Crippen LogP contribution >= 0.6 is 0 Å². The van der Waals surface area contributed by atoms with Crippen molar-refractivity contribution in [1.29, 1.82) is 0 Å². The van der Waals surface area contributed by atoms with Gasteiger partial charge >= 0.3 is 6.09 Å². The lowest BCUT2D eigenvalue weighted by atomic mass is 9.91. The molecule has 1 aliphatic heterocycles. The molecule has 1 aliphatic carbocycles. The number of fused-ring (bicyclic) bond motifs is 1. The molecule has 120 valence electrons. The molecule has 3 rings (SSSR count). The quantitative estimate of drug-likeness (QED) is 0.899. The maximum Gasteiger partial charge on any atom is 0.410 e. The molecule has 1 heterocycles. The van der Waals surface area contributed by atoms with Gasteiger partial charge in [-0.25, -0.2) is 4.79 Å². The smallest absolute Gasteiger partial charge is 0.410 e. The Morgan fingerprint density at radius 1 is 1.32 bits per heavy atom. The van der Waals surface area contributed by atoms with Gasteiger partial charge in [-0.2, -0.15) is 0 Å². The van der Waals surface area contributed by atoms with E-state index >= 15 is 0 Å². The molecular formula is C18H26N2O2. The van der Waals surface area contributed by atoms with Crippen LogP contribution in [0.3, 0.4) is 0 Å². The van der Waals surface area contributed by atoms with Crippen molar-refractivity contribution in [1.82, 2.24) is 4.90 Å². The first-order valence-corrected chi connectivity index (χ1v) is 8.27. The van der Waals surface area contributed by atoms with Crippen molar-refractivity contribution in [2.75, 3.05) is 11.9 Å². The molecule has 0 unspecified atom stereocenters. The molecule has 0 bridgehead atoms. The lowest BCUT2D eigenvalue weighted by Crippen LogP contribution is -2.40. The van der Waals surface area contributed by atoms with Crippen LogP contribution in [0.1, 0.15) is 51.2 Å². The molecule has 0 radical (unpaired) electrons. The molecular weight excluding hydrogens is 276 g/mol. The van der Waals surface area contributed by atoms with E-state index in [0.717, 1.165) is 13.0 Å². The van der Waals surface area contributed by atoms with Crippen molar-refractivity contribution in [2.24, 2.45) is 0 Å². The average molecular weight is 302 g/mol. The molecule has 1 fully saturated rings. The second-order valence-corrected chi connectivity index (χ2v) is 7.37. The normalized spacial score (nSPS) is 18.4. The molecule has 0 aromatic heterocycles. The summed E-state index contributed by atoms with van der Waals surface area (Å²) in [6, 6.07) is 7.02. The van der Waals surface area contributed by atoms with Gasteiger partial charge in [-0.05, 0) is 63.6 Å². The lowest BCUT2D eigenvalue weighted by Gasteiger charge is -2.34. The zero-order chi connectivity index (χ0) is 15.7. The van der Waals surface area contributed by atoms with Crippen molar-refractivity contribution in [3.05, 3.63) is 29.3 Å². The number of nitrogens with one attached hydrogen (secondary N) is 1. The molecule has 22 heavy (non-hydrogen) atoms. The maximum absolute atomic E-state index is 12.3. The third-order valence-corrected chi connectivity index (χ3v) is 4.39. The van der Waals surface area contributed by atoms with Gasteiger partial charge in [-0.15, -0.1) is 0 Å². The monoisotopic (exact) mass is 302 g/mol. The van der Waals surface area contributed by atoms with Crippen LogP contribution in [0.5, 0.6) is 0 Å². The van der Waals surface area contributed by atoms with Gasteiger partial charge in [-0.1, -0.05) is 12.1 Å². The summed E-state index contributed by atoms with van der Waals surface area (Å²) in [6.07, 6.45) is 4.50. The molecule has 2 aliphatic rings. The number of ether oxygens (including phenoxy) is 1. The Balaban J connectivity index is 1.74. The van der Waals surface area contributed by atoms with Crippen LogP contribution in [0.2, 0.25) is 0 Å². The summed E-state index contributed by atoms with van der Waals surface area (Å²) in [5.41, 5.74) is 3.35. The number of benzene rings is 1. The molecule has 1 amide bonds. The van der Waals surface area contributed by atoms with E-state index < -0.39 is 5.60 Å². The Morgan fingerprint density at radius 3 is 2.73 bits per heavy atom. The summed E-state index contributed by atoms with van der Waals surface area (Å²) >= 11 is 0. The highest BCUT2D eigenvalue weighted by molar-refractivity contribution is 5.70. The van der Waals surface area contributed by atoms with Crippen molar-refractivity contribution in [3.8, 4) is 0 Å². The molecule has 1 aromatic rings. The largest absolute Gasteiger partial charge is 0.444 e. The fourth-order valence-electron chi connectivity index (χ4n) is 2.97. The minimum absolute atomic E-state index is 0.211. The predicted molar refractivity (Wildman–Crippen MR) is 88.1 cm³/mol. The molecule has 1 saturated carbocycles. The van der Waals surface area contributed by atoms with Crippen LogP contribution in [0, 0.1) is 0 Å². The highest BCUT2D eigenvalue weighted by atomic mass is 16.6. The molecule has 0 spiro atoms. The summed E-state index contributed by atoms with van der Waals surface area (Å²) in [5, 5.41) is 3.64. The van der Waals surface area contributed by atoms with Gasteiger partial charge in [0.15, 0.2) is 0 Å². The number of nitrogens with zero attached hydrogens (tertiary/aromatic N) is 1. The Kier molecular flexibility index (Phi) is 4.02. The number of hydrogen-bond acceptors (Lipinski definition) is 3. The number of carbonyl (C=O) groups excluding carboxylic acids is 1. The van der Waals surface area contributed by atoms with Crippen molar-refractivity contribution in [2.45, 2.75) is 64.6 Å². The van der Waals surface area contributed by atoms with Crippen molar-refractivity contribution in [3.63, 3.8) is 0 Å². The fraction of sp³-hybridized carbons (Fsp3) is 0.611. The highest BCUT2D eigenvalue weighted by Crippen LogP contribution is 2.30. The average Bonchev–Trinajstić information content (AvgIpc) is 2.40. The lowest BCUT2D eigenvalue weighted by molar-refractivity contribution is 0.0224. The van der Waals surface area contributed by atoms with E-state index in [1.165, 1.54) is 36.1 Å². The second-order valence-electron chi connectivity index (χ2n) is 7.37. The summed E-state index contributed by atoms with van der Waals surface area (Å²) in [7, 11) is 0. The Labute approximate surface area is 132 Å². The van der Waals surface area contributed by atoms with Crippen LogP contribution < -0.4 is 5.32 Å². The van der Waals surface area contributed by atoms with Crippen molar-refractivity contribution < 1.29 is 9.53 Å². The molecule has 0 saturated heterocycles. The molecule has 1 N–H and O–H groups in total. The van der Waals surface area contributed by atoms with Crippen molar-refractivity contribution >= 4 is 11.8 Å². The molecule has 0 atom stereocenters. The van der Waals surface area contributed by atoms with Gasteiger partial charge in [0, 0.05) is 18.3 Å². The zero-order valence-corrected chi connectivity index (χ0v) is 13.8. The first kappa shape index (κ1) is 15.2. The molecule has 1 aromatic carbocycles. The maximum atomic E-state index is 12.3. The first-order chi connectivity index (χ1) is 10.4. The fourth-order valence-corrected chi connectivity index (χ4v) is 2.97. The van der Waals surface area contributed by atoms with Crippen LogP contribution in [-0.2, 0) is 17.7 Å². The Morgan fingerprint density at radius 2 is 2.09 bits per heavy atom. The number of anilines is 1. The van der Waals surface area contributed by atoms with Gasteiger partial charge in [0.25, 0.3) is 0 Å². The summed E-state index contributed by atoms with van der Waals surface area (Å²) in [5.74, 6) is 0. The summed E-state index contributed by atoms with van der Waals surface area (Å²) in [4.78, 5) is 14.1. The first-order valence-electron chi connectivity index (χ1n) is 8.27. The number of carbonyl (C=O) groups is 1. The number of hydrogen-bond donors (Lipinski definition) is 1. The topological polar surface area (TPSA) is 41.6 Å². The van der Waals surface area contributed by atoms with Gasteiger partial charge in [0.2, 0.25) is 0 Å². The number of amides is 1. The third kappa shape index (κ3) is 3.37. The standard InChI is InChI=1S/C18H26N2O2/c1-18(2,3)22-17(21)20-11-10-13-6-4-9-16(15(13)12-20)19-14-7-5-8-14/h4,6,9,14,19H,5,7-8,10-12H2,1-3H3. The van der Waals surface area contributed by atoms with E-state index in [-0.39, 0.29) is 6.09 Å². The van der Waals surface area contributed by atoms with Crippen LogP contribution in [-0.4, -0.2) is 29.2 Å². The van der Waals surface area contributed by atoms with Crippen LogP contribution in [0.25, 0.3) is 0 Å². The Bertz CT molecular complexity index is 559. The van der Waals surface area contributed by atoms with Gasteiger partial charge in [0.05, 0.1) is 6.54 Å². The van der Waals surface area contributed by atoms with Crippen LogP contribution in [0.4, 0.5) is 10.5 Å². The number of rotatable bonds is 2. The van der Waals surface area contributed by atoms with E-state index in [0.29, 0.717) is 12.6 Å². The SMILES string of the molecule is CC(C)(C)OC(=O)N1CCc2cccc(NC3CCC3)c2C1. The minimum Gasteiger partial charge on any atom is -0.444 e. The Hall–Kier alpha value is -1.71. The van der Waals surface area contributed by atoms with Gasteiger partial charge in [-0.3, -0.25) is 0 Å². The van der Waals surface area contributed by atoms with Gasteiger partial charge < -0.3 is 15.0 Å². The van der Waals surface area contributed by atoms with E-state index in [1.54, 1.807) is 0 Å². The minimum atomic E-state index is -0.443. The van der Waals surface area contributed by atoms with E-state index in [2.05, 4.69) is 23.5 Å². The third-order valence-electron chi connectivity index (χ3n) is 4.39. The summed E-state index contributed by atoms with van der Waals surface area (Å²) in [6.45, 7) is 7.10. The zero-order valence-electron chi connectivity index (χ0n) is 13.8. The summed E-state index contributed by atoms with van der Waals surface area (Å²) < 4.78 is 5.51.